The van der Waals surface area contributed by atoms with E-state index in [-0.39, 0.29) is 17.8 Å². The number of carbonyl (C=O) groups excluding carboxylic acids is 2. The molecule has 2 aliphatic heterocycles. The van der Waals surface area contributed by atoms with Crippen molar-refractivity contribution in [2.45, 2.75) is 64.8 Å². The lowest BCUT2D eigenvalue weighted by atomic mass is 9.74. The Morgan fingerprint density at radius 3 is 2.45 bits per heavy atom. The van der Waals surface area contributed by atoms with Gasteiger partial charge in [0, 0.05) is 19.1 Å². The first-order valence-corrected chi connectivity index (χ1v) is 9.68. The smallest absolute Gasteiger partial charge is 0.433 e. The maximum atomic E-state index is 13.2. The first-order chi connectivity index (χ1) is 13.3. The lowest BCUT2D eigenvalue weighted by molar-refractivity contribution is -0.141. The molecule has 2 aliphatic rings. The summed E-state index contributed by atoms with van der Waals surface area (Å²) in [5.41, 5.74) is -2.31. The number of likely N-dealkylation sites (tertiary alicyclic amines) is 1. The summed E-state index contributed by atoms with van der Waals surface area (Å²) in [7, 11) is 0. The van der Waals surface area contributed by atoms with Gasteiger partial charge in [-0.1, -0.05) is 6.07 Å². The van der Waals surface area contributed by atoms with Crippen molar-refractivity contribution in [1.29, 1.82) is 0 Å². The van der Waals surface area contributed by atoms with Crippen LogP contribution in [0.1, 0.15) is 52.7 Å². The van der Waals surface area contributed by atoms with Crippen molar-refractivity contribution in [3.8, 4) is 0 Å². The molecule has 1 aromatic rings. The van der Waals surface area contributed by atoms with E-state index in [1.165, 1.54) is 17.0 Å². The standard InChI is InChI=1S/C20H26F3N3O3/c1-13-12-19(8-10-25(13)17(28)29-18(2,3)4)9-11-26(16(19)27)15-7-5-6-14(24-15)20(21,22)23/h5-7,13H,8-12H2,1-4H3. The van der Waals surface area contributed by atoms with Crippen molar-refractivity contribution in [3.63, 3.8) is 0 Å². The summed E-state index contributed by atoms with van der Waals surface area (Å²) in [5.74, 6) is -0.205. The second-order valence-corrected chi connectivity index (χ2v) is 8.84. The fraction of sp³-hybridized carbons (Fsp3) is 0.650. The second-order valence-electron chi connectivity index (χ2n) is 8.84. The van der Waals surface area contributed by atoms with E-state index in [4.69, 9.17) is 4.74 Å². The van der Waals surface area contributed by atoms with E-state index in [2.05, 4.69) is 4.98 Å². The quantitative estimate of drug-likeness (QED) is 0.691. The summed E-state index contributed by atoms with van der Waals surface area (Å²) < 4.78 is 44.4. The Kier molecular flexibility index (Phi) is 5.29. The fourth-order valence-corrected chi connectivity index (χ4v) is 4.12. The highest BCUT2D eigenvalue weighted by molar-refractivity contribution is 5.99. The van der Waals surface area contributed by atoms with Gasteiger partial charge in [-0.2, -0.15) is 13.2 Å². The number of hydrogen-bond acceptors (Lipinski definition) is 4. The van der Waals surface area contributed by atoms with Crippen molar-refractivity contribution in [2.24, 2.45) is 5.41 Å². The van der Waals surface area contributed by atoms with Crippen molar-refractivity contribution in [3.05, 3.63) is 23.9 Å². The van der Waals surface area contributed by atoms with Gasteiger partial charge in [0.1, 0.15) is 17.1 Å². The molecule has 1 aromatic heterocycles. The molecule has 2 fully saturated rings. The van der Waals surface area contributed by atoms with Gasteiger partial charge in [-0.05, 0) is 59.1 Å². The molecular weight excluding hydrogens is 387 g/mol. The molecule has 2 unspecified atom stereocenters. The van der Waals surface area contributed by atoms with Crippen LogP contribution in [0.3, 0.4) is 0 Å². The third-order valence-corrected chi connectivity index (χ3v) is 5.49. The number of anilines is 1. The van der Waals surface area contributed by atoms with Gasteiger partial charge in [-0.25, -0.2) is 9.78 Å². The van der Waals surface area contributed by atoms with Crippen molar-refractivity contribution in [2.75, 3.05) is 18.0 Å². The number of aromatic nitrogens is 1. The van der Waals surface area contributed by atoms with Crippen LogP contribution in [-0.2, 0) is 15.7 Å². The molecule has 0 saturated carbocycles. The first kappa shape index (κ1) is 21.4. The number of carbonyl (C=O) groups is 2. The van der Waals surface area contributed by atoms with Gasteiger partial charge in [0.25, 0.3) is 0 Å². The fourth-order valence-electron chi connectivity index (χ4n) is 4.12. The third-order valence-electron chi connectivity index (χ3n) is 5.49. The van der Waals surface area contributed by atoms with E-state index in [0.29, 0.717) is 32.4 Å². The van der Waals surface area contributed by atoms with Gasteiger partial charge in [-0.3, -0.25) is 9.69 Å². The molecule has 2 atom stereocenters. The highest BCUT2D eigenvalue weighted by Gasteiger charge is 2.51. The van der Waals surface area contributed by atoms with Crippen LogP contribution in [0.2, 0.25) is 0 Å². The summed E-state index contributed by atoms with van der Waals surface area (Å²) in [4.78, 5) is 32.2. The zero-order valence-electron chi connectivity index (χ0n) is 17.0. The van der Waals surface area contributed by atoms with E-state index in [9.17, 15) is 22.8 Å². The van der Waals surface area contributed by atoms with Crippen LogP contribution in [0.5, 0.6) is 0 Å². The third kappa shape index (κ3) is 4.33. The SMILES string of the molecule is CC1CC2(CCN(c3cccc(C(F)(F)F)n3)C2=O)CCN1C(=O)OC(C)(C)C. The van der Waals surface area contributed by atoms with Gasteiger partial charge < -0.3 is 9.64 Å². The highest BCUT2D eigenvalue weighted by atomic mass is 19.4. The van der Waals surface area contributed by atoms with Crippen molar-refractivity contribution in [1.82, 2.24) is 9.88 Å². The molecule has 9 heteroatoms. The molecular formula is C20H26F3N3O3. The number of piperidine rings is 1. The Labute approximate surface area is 168 Å². The first-order valence-electron chi connectivity index (χ1n) is 9.68. The van der Waals surface area contributed by atoms with Crippen LogP contribution in [0.4, 0.5) is 23.8 Å². The minimum Gasteiger partial charge on any atom is -0.444 e. The summed E-state index contributed by atoms with van der Waals surface area (Å²) in [6, 6.07) is 3.36. The van der Waals surface area contributed by atoms with Gasteiger partial charge in [0.15, 0.2) is 0 Å². The predicted octanol–water partition coefficient (Wildman–Crippen LogP) is 4.24. The Bertz CT molecular complexity index is 806. The van der Waals surface area contributed by atoms with Crippen LogP contribution in [-0.4, -0.2) is 46.6 Å². The zero-order valence-corrected chi connectivity index (χ0v) is 17.0. The lowest BCUT2D eigenvalue weighted by Crippen LogP contribution is -2.52. The molecule has 0 bridgehead atoms. The van der Waals surface area contributed by atoms with Crippen LogP contribution in [0.15, 0.2) is 18.2 Å². The lowest BCUT2D eigenvalue weighted by Gasteiger charge is -2.42. The van der Waals surface area contributed by atoms with Gasteiger partial charge in [-0.15, -0.1) is 0 Å². The van der Waals surface area contributed by atoms with E-state index >= 15 is 0 Å². The van der Waals surface area contributed by atoms with Crippen molar-refractivity contribution >= 4 is 17.8 Å². The molecule has 29 heavy (non-hydrogen) atoms. The molecule has 1 spiro atoms. The number of pyridine rings is 1. The summed E-state index contributed by atoms with van der Waals surface area (Å²) in [6.07, 6.45) is -3.56. The molecule has 0 aromatic carbocycles. The minimum atomic E-state index is -4.57. The Balaban J connectivity index is 1.74. The van der Waals surface area contributed by atoms with Gasteiger partial charge >= 0.3 is 12.3 Å². The molecule has 0 N–H and O–H groups in total. The normalized spacial score (nSPS) is 25.6. The van der Waals surface area contributed by atoms with Crippen LogP contribution >= 0.6 is 0 Å². The topological polar surface area (TPSA) is 62.7 Å². The number of halogens is 3. The number of amides is 2. The summed E-state index contributed by atoms with van der Waals surface area (Å²) in [5, 5.41) is 0. The van der Waals surface area contributed by atoms with E-state index in [1.807, 2.05) is 6.92 Å². The van der Waals surface area contributed by atoms with Crippen molar-refractivity contribution < 1.29 is 27.5 Å². The molecule has 3 heterocycles. The number of ether oxygens (including phenoxy) is 1. The minimum absolute atomic E-state index is 0.0175. The molecule has 160 valence electrons. The molecule has 0 radical (unpaired) electrons. The highest BCUT2D eigenvalue weighted by Crippen LogP contribution is 2.45. The zero-order chi connectivity index (χ0) is 21.6. The molecule has 3 rings (SSSR count). The number of nitrogens with zero attached hydrogens (tertiary/aromatic N) is 3. The van der Waals surface area contributed by atoms with Crippen LogP contribution < -0.4 is 4.90 Å². The summed E-state index contributed by atoms with van der Waals surface area (Å²) in [6.45, 7) is 7.92. The number of rotatable bonds is 1. The van der Waals surface area contributed by atoms with Crippen LogP contribution in [0.25, 0.3) is 0 Å². The molecule has 2 saturated heterocycles. The Hall–Kier alpha value is -2.32. The summed E-state index contributed by atoms with van der Waals surface area (Å²) >= 11 is 0. The maximum Gasteiger partial charge on any atom is 0.433 e. The Morgan fingerprint density at radius 2 is 1.86 bits per heavy atom. The predicted molar refractivity (Wildman–Crippen MR) is 100 cm³/mol. The van der Waals surface area contributed by atoms with E-state index in [0.717, 1.165) is 6.07 Å². The van der Waals surface area contributed by atoms with E-state index < -0.39 is 29.0 Å². The Morgan fingerprint density at radius 1 is 1.21 bits per heavy atom. The maximum absolute atomic E-state index is 13.2. The molecule has 6 nitrogen and oxygen atoms in total. The van der Waals surface area contributed by atoms with Gasteiger partial charge in [0.2, 0.25) is 5.91 Å². The monoisotopic (exact) mass is 413 g/mol. The van der Waals surface area contributed by atoms with Crippen LogP contribution in [0, 0.1) is 5.41 Å². The second kappa shape index (κ2) is 7.18. The largest absolute Gasteiger partial charge is 0.444 e. The average Bonchev–Trinajstić information content (AvgIpc) is 2.89. The molecule has 2 amide bonds. The van der Waals surface area contributed by atoms with E-state index in [1.54, 1.807) is 25.7 Å². The number of hydrogen-bond donors (Lipinski definition) is 0. The molecule has 0 aliphatic carbocycles. The average molecular weight is 413 g/mol. The van der Waals surface area contributed by atoms with Gasteiger partial charge in [0.05, 0.1) is 5.41 Å². The number of alkyl halides is 3.